The van der Waals surface area contributed by atoms with E-state index in [1.165, 1.54) is 12.1 Å². The zero-order chi connectivity index (χ0) is 20.5. The third-order valence-corrected chi connectivity index (χ3v) is 5.59. The number of anilines is 1. The van der Waals surface area contributed by atoms with Crippen LogP contribution in [-0.2, 0) is 4.79 Å². The number of halogens is 1. The fraction of sp³-hybridized carbons (Fsp3) is 0.167. The summed E-state index contributed by atoms with van der Waals surface area (Å²) in [5, 5.41) is 2.24. The Kier molecular flexibility index (Phi) is 4.67. The van der Waals surface area contributed by atoms with Gasteiger partial charge in [-0.1, -0.05) is 18.2 Å². The Hall–Kier alpha value is -3.67. The molecule has 5 nitrogen and oxygen atoms in total. The van der Waals surface area contributed by atoms with Crippen molar-refractivity contribution in [1.29, 1.82) is 0 Å². The fourth-order valence-electron chi connectivity index (χ4n) is 3.96. The van der Waals surface area contributed by atoms with Crippen LogP contribution in [0.4, 0.5) is 10.1 Å². The molecule has 2 aromatic carbocycles. The van der Waals surface area contributed by atoms with Crippen LogP contribution in [0.25, 0.3) is 27.9 Å². The van der Waals surface area contributed by atoms with Crippen LogP contribution < -0.4 is 4.90 Å². The molecule has 5 rings (SSSR count). The van der Waals surface area contributed by atoms with Gasteiger partial charge in [0, 0.05) is 54.2 Å². The van der Waals surface area contributed by atoms with Crippen LogP contribution in [0, 0.1) is 5.82 Å². The second kappa shape index (κ2) is 7.63. The highest BCUT2D eigenvalue weighted by Crippen LogP contribution is 2.25. The molecule has 1 saturated heterocycles. The molecule has 0 unspecified atom stereocenters. The van der Waals surface area contributed by atoms with Gasteiger partial charge in [0.2, 0.25) is 5.91 Å². The number of nitrogens with one attached hydrogen (secondary N) is 1. The molecule has 1 aliphatic rings. The van der Waals surface area contributed by atoms with Gasteiger partial charge in [-0.15, -0.1) is 0 Å². The normalized spacial score (nSPS) is 14.8. The van der Waals surface area contributed by atoms with E-state index in [9.17, 15) is 9.18 Å². The van der Waals surface area contributed by atoms with Crippen molar-refractivity contribution in [2.75, 3.05) is 31.1 Å². The Morgan fingerprint density at radius 3 is 2.53 bits per heavy atom. The second-order valence-electron chi connectivity index (χ2n) is 7.45. The van der Waals surface area contributed by atoms with Gasteiger partial charge >= 0.3 is 0 Å². The van der Waals surface area contributed by atoms with E-state index >= 15 is 0 Å². The molecule has 1 aliphatic heterocycles. The molecule has 1 N–H and O–H groups in total. The van der Waals surface area contributed by atoms with Crippen molar-refractivity contribution in [2.45, 2.75) is 0 Å². The molecule has 2 aromatic heterocycles. The smallest absolute Gasteiger partial charge is 0.246 e. The van der Waals surface area contributed by atoms with E-state index < -0.39 is 0 Å². The van der Waals surface area contributed by atoms with Crippen LogP contribution in [0.2, 0.25) is 0 Å². The third-order valence-electron chi connectivity index (χ3n) is 5.59. The average Bonchev–Trinajstić information content (AvgIpc) is 3.16. The van der Waals surface area contributed by atoms with Crippen molar-refractivity contribution < 1.29 is 9.18 Å². The van der Waals surface area contributed by atoms with E-state index in [0.29, 0.717) is 13.1 Å². The first-order valence-corrected chi connectivity index (χ1v) is 10.0. The Morgan fingerprint density at radius 2 is 1.73 bits per heavy atom. The van der Waals surface area contributed by atoms with Gasteiger partial charge in [0.1, 0.15) is 5.82 Å². The molecular formula is C24H21FN4O. The predicted octanol–water partition coefficient (Wildman–Crippen LogP) is 4.22. The van der Waals surface area contributed by atoms with E-state index in [0.717, 1.165) is 46.3 Å². The number of carbonyl (C=O) groups is 1. The van der Waals surface area contributed by atoms with Gasteiger partial charge in [-0.25, -0.2) is 4.39 Å². The van der Waals surface area contributed by atoms with E-state index in [1.54, 1.807) is 30.5 Å². The van der Waals surface area contributed by atoms with Gasteiger partial charge in [-0.3, -0.25) is 9.78 Å². The van der Waals surface area contributed by atoms with Gasteiger partial charge < -0.3 is 14.8 Å². The lowest BCUT2D eigenvalue weighted by molar-refractivity contribution is -0.126. The number of piperazine rings is 1. The number of hydrogen-bond acceptors (Lipinski definition) is 3. The number of aromatic amines is 1. The zero-order valence-electron chi connectivity index (χ0n) is 16.4. The molecule has 6 heteroatoms. The molecule has 0 aliphatic carbocycles. The number of amides is 1. The van der Waals surface area contributed by atoms with Gasteiger partial charge in [-0.2, -0.15) is 0 Å². The summed E-state index contributed by atoms with van der Waals surface area (Å²) in [7, 11) is 0. The highest BCUT2D eigenvalue weighted by molar-refractivity contribution is 6.07. The predicted molar refractivity (Wildman–Crippen MR) is 118 cm³/mol. The summed E-state index contributed by atoms with van der Waals surface area (Å²) >= 11 is 0. The van der Waals surface area contributed by atoms with Gasteiger partial charge in [0.05, 0.1) is 17.4 Å². The third kappa shape index (κ3) is 3.52. The van der Waals surface area contributed by atoms with Crippen LogP contribution in [0.3, 0.4) is 0 Å². The summed E-state index contributed by atoms with van der Waals surface area (Å²) in [5.41, 5.74) is 3.79. The summed E-state index contributed by atoms with van der Waals surface area (Å²) < 4.78 is 13.1. The van der Waals surface area contributed by atoms with Gasteiger partial charge in [0.25, 0.3) is 0 Å². The van der Waals surface area contributed by atoms with Crippen LogP contribution in [0.5, 0.6) is 0 Å². The van der Waals surface area contributed by atoms with Crippen LogP contribution >= 0.6 is 0 Å². The minimum atomic E-state index is -0.239. The molecule has 1 amide bonds. The quantitative estimate of drug-likeness (QED) is 0.524. The van der Waals surface area contributed by atoms with Crippen molar-refractivity contribution in [3.05, 3.63) is 78.4 Å². The molecule has 4 aromatic rings. The lowest BCUT2D eigenvalue weighted by Gasteiger charge is -2.35. The molecular weight excluding hydrogens is 379 g/mol. The van der Waals surface area contributed by atoms with Crippen LogP contribution in [-0.4, -0.2) is 47.0 Å². The summed E-state index contributed by atoms with van der Waals surface area (Å²) in [6, 6.07) is 16.6. The highest BCUT2D eigenvalue weighted by Gasteiger charge is 2.19. The Bertz CT molecular complexity index is 1240. The Morgan fingerprint density at radius 1 is 0.967 bits per heavy atom. The molecule has 0 bridgehead atoms. The number of hydrogen-bond donors (Lipinski definition) is 1. The molecule has 0 saturated carbocycles. The first-order chi connectivity index (χ1) is 14.7. The number of pyridine rings is 1. The molecule has 0 atom stereocenters. The van der Waals surface area contributed by atoms with Crippen molar-refractivity contribution in [3.63, 3.8) is 0 Å². The minimum Gasteiger partial charge on any atom is -0.368 e. The lowest BCUT2D eigenvalue weighted by Crippen LogP contribution is -2.48. The van der Waals surface area contributed by atoms with Crippen LogP contribution in [0.15, 0.2) is 66.9 Å². The van der Waals surface area contributed by atoms with Crippen molar-refractivity contribution in [2.24, 2.45) is 0 Å². The van der Waals surface area contributed by atoms with E-state index in [4.69, 9.17) is 0 Å². The number of aromatic nitrogens is 2. The largest absolute Gasteiger partial charge is 0.368 e. The number of rotatable bonds is 3. The standard InChI is InChI=1S/C24H21FN4O/c25-17-5-8-19(9-6-17)28-11-13-29(14-12-28)24(30)10-7-18-15-21-20-3-1-2-4-22(20)27-23(21)16-26-18/h1-10,15-16,27H,11-14H2/b10-7+. The van der Waals surface area contributed by atoms with Crippen molar-refractivity contribution in [1.82, 2.24) is 14.9 Å². The number of fused-ring (bicyclic) bond motifs is 3. The van der Waals surface area contributed by atoms with E-state index in [-0.39, 0.29) is 11.7 Å². The fourth-order valence-corrected chi connectivity index (χ4v) is 3.96. The Labute approximate surface area is 173 Å². The summed E-state index contributed by atoms with van der Waals surface area (Å²) in [4.78, 5) is 24.4. The number of nitrogens with zero attached hydrogens (tertiary/aromatic N) is 3. The Balaban J connectivity index is 1.26. The monoisotopic (exact) mass is 400 g/mol. The summed E-state index contributed by atoms with van der Waals surface area (Å²) in [6.45, 7) is 2.72. The molecule has 3 heterocycles. The second-order valence-corrected chi connectivity index (χ2v) is 7.45. The number of para-hydroxylation sites is 1. The summed E-state index contributed by atoms with van der Waals surface area (Å²) in [5.74, 6) is -0.258. The van der Waals surface area contributed by atoms with Crippen molar-refractivity contribution in [3.8, 4) is 0 Å². The van der Waals surface area contributed by atoms with Crippen molar-refractivity contribution >= 4 is 39.5 Å². The number of carbonyl (C=O) groups excluding carboxylic acids is 1. The molecule has 150 valence electrons. The maximum atomic E-state index is 13.1. The lowest BCUT2D eigenvalue weighted by atomic mass is 10.1. The maximum Gasteiger partial charge on any atom is 0.246 e. The molecule has 30 heavy (non-hydrogen) atoms. The van der Waals surface area contributed by atoms with Gasteiger partial charge in [0.15, 0.2) is 0 Å². The highest BCUT2D eigenvalue weighted by atomic mass is 19.1. The van der Waals surface area contributed by atoms with Gasteiger partial charge in [-0.05, 0) is 42.5 Å². The van der Waals surface area contributed by atoms with E-state index in [1.807, 2.05) is 29.2 Å². The summed E-state index contributed by atoms with van der Waals surface area (Å²) in [6.07, 6.45) is 5.17. The van der Waals surface area contributed by atoms with Crippen LogP contribution in [0.1, 0.15) is 5.69 Å². The number of H-pyrrole nitrogens is 1. The SMILES string of the molecule is O=C(/C=C/c1cc2c(cn1)[nH]c1ccccc12)N1CCN(c2ccc(F)cc2)CC1. The zero-order valence-corrected chi connectivity index (χ0v) is 16.4. The first-order valence-electron chi connectivity index (χ1n) is 10.0. The molecule has 0 radical (unpaired) electrons. The number of benzene rings is 2. The molecule has 1 fully saturated rings. The topological polar surface area (TPSA) is 52.2 Å². The average molecular weight is 400 g/mol. The first kappa shape index (κ1) is 18.4. The minimum absolute atomic E-state index is 0.0189. The van der Waals surface area contributed by atoms with E-state index in [2.05, 4.69) is 20.9 Å². The maximum absolute atomic E-state index is 13.1. The molecule has 0 spiro atoms.